The van der Waals surface area contributed by atoms with Crippen LogP contribution in [0.25, 0.3) is 11.3 Å². The van der Waals surface area contributed by atoms with Crippen LogP contribution in [0, 0.1) is 6.92 Å². The van der Waals surface area contributed by atoms with Gasteiger partial charge in [-0.25, -0.2) is 0 Å². The van der Waals surface area contributed by atoms with Crippen LogP contribution < -0.4 is 5.32 Å². The smallest absolute Gasteiger partial charge is 0.265 e. The van der Waals surface area contributed by atoms with Crippen molar-refractivity contribution < 1.29 is 9.53 Å². The van der Waals surface area contributed by atoms with Crippen molar-refractivity contribution in [3.8, 4) is 11.3 Å². The maximum absolute atomic E-state index is 12.1. The van der Waals surface area contributed by atoms with Gasteiger partial charge in [-0.05, 0) is 24.9 Å². The Morgan fingerprint density at radius 3 is 2.80 bits per heavy atom. The molecule has 2 rings (SSSR count). The Labute approximate surface area is 122 Å². The van der Waals surface area contributed by atoms with Crippen LogP contribution in [0.5, 0.6) is 0 Å². The van der Waals surface area contributed by atoms with Crippen LogP contribution >= 0.6 is 11.5 Å². The van der Waals surface area contributed by atoms with Gasteiger partial charge in [-0.1, -0.05) is 34.3 Å². The number of hydrogen-bond donors (Lipinski definition) is 1. The molecule has 106 valence electrons. The molecule has 6 heteroatoms. The molecule has 0 unspecified atom stereocenters. The Morgan fingerprint density at radius 2 is 2.10 bits per heavy atom. The first-order chi connectivity index (χ1) is 9.72. The molecule has 1 N–H and O–H groups in total. The van der Waals surface area contributed by atoms with Crippen LogP contribution in [0.15, 0.2) is 24.3 Å². The first kappa shape index (κ1) is 14.6. The number of aryl methyl sites for hydroxylation is 1. The van der Waals surface area contributed by atoms with Crippen molar-refractivity contribution in [2.24, 2.45) is 0 Å². The highest BCUT2D eigenvalue weighted by Crippen LogP contribution is 2.24. The lowest BCUT2D eigenvalue weighted by atomic mass is 10.1. The number of aromatic nitrogens is 2. The first-order valence-electron chi connectivity index (χ1n) is 6.39. The van der Waals surface area contributed by atoms with Crippen molar-refractivity contribution in [3.05, 3.63) is 34.7 Å². The zero-order valence-electron chi connectivity index (χ0n) is 11.5. The molecule has 1 heterocycles. The SMILES string of the molecule is COCCCNC(=O)c1snnc1-c1ccc(C)cc1. The van der Waals surface area contributed by atoms with Gasteiger partial charge in [-0.2, -0.15) is 0 Å². The molecule has 1 amide bonds. The largest absolute Gasteiger partial charge is 0.385 e. The van der Waals surface area contributed by atoms with E-state index in [-0.39, 0.29) is 5.91 Å². The Bertz CT molecular complexity index is 566. The van der Waals surface area contributed by atoms with E-state index >= 15 is 0 Å². The fourth-order valence-electron chi connectivity index (χ4n) is 1.74. The monoisotopic (exact) mass is 291 g/mol. The lowest BCUT2D eigenvalue weighted by Gasteiger charge is -2.04. The molecule has 2 aromatic rings. The van der Waals surface area contributed by atoms with Crippen molar-refractivity contribution >= 4 is 17.4 Å². The molecule has 0 aliphatic carbocycles. The topological polar surface area (TPSA) is 64.1 Å². The second-order valence-corrected chi connectivity index (χ2v) is 5.17. The third-order valence-electron chi connectivity index (χ3n) is 2.83. The van der Waals surface area contributed by atoms with Gasteiger partial charge < -0.3 is 10.1 Å². The average molecular weight is 291 g/mol. The van der Waals surface area contributed by atoms with Crippen LogP contribution in [0.2, 0.25) is 0 Å². The average Bonchev–Trinajstić information content (AvgIpc) is 2.93. The third kappa shape index (κ3) is 3.61. The fourth-order valence-corrected chi connectivity index (χ4v) is 2.34. The highest BCUT2D eigenvalue weighted by Gasteiger charge is 2.17. The predicted molar refractivity (Wildman–Crippen MR) is 78.9 cm³/mol. The van der Waals surface area contributed by atoms with Gasteiger partial charge in [0.2, 0.25) is 0 Å². The van der Waals surface area contributed by atoms with E-state index in [1.54, 1.807) is 7.11 Å². The molecule has 0 radical (unpaired) electrons. The highest BCUT2D eigenvalue weighted by atomic mass is 32.1. The molecule has 0 spiro atoms. The van der Waals surface area contributed by atoms with E-state index in [0.29, 0.717) is 23.7 Å². The lowest BCUT2D eigenvalue weighted by Crippen LogP contribution is -2.24. The Kier molecular flexibility index (Phi) is 5.20. The van der Waals surface area contributed by atoms with Gasteiger partial charge >= 0.3 is 0 Å². The molecule has 1 aromatic heterocycles. The molecular formula is C14H17N3O2S. The summed E-state index contributed by atoms with van der Waals surface area (Å²) in [7, 11) is 1.64. The minimum absolute atomic E-state index is 0.133. The summed E-state index contributed by atoms with van der Waals surface area (Å²) >= 11 is 1.12. The van der Waals surface area contributed by atoms with E-state index in [1.165, 1.54) is 5.56 Å². The number of nitrogens with zero attached hydrogens (tertiary/aromatic N) is 2. The summed E-state index contributed by atoms with van der Waals surface area (Å²) in [4.78, 5) is 12.7. The van der Waals surface area contributed by atoms with E-state index in [0.717, 1.165) is 23.5 Å². The van der Waals surface area contributed by atoms with Gasteiger partial charge in [0.05, 0.1) is 0 Å². The summed E-state index contributed by atoms with van der Waals surface area (Å²) in [5.41, 5.74) is 2.72. The van der Waals surface area contributed by atoms with E-state index in [9.17, 15) is 4.79 Å². The number of benzene rings is 1. The Hall–Kier alpha value is -1.79. The van der Waals surface area contributed by atoms with Crippen molar-refractivity contribution in [3.63, 3.8) is 0 Å². The lowest BCUT2D eigenvalue weighted by molar-refractivity contribution is 0.0953. The maximum atomic E-state index is 12.1. The zero-order valence-corrected chi connectivity index (χ0v) is 12.4. The van der Waals surface area contributed by atoms with Gasteiger partial charge in [-0.3, -0.25) is 4.79 Å². The molecule has 0 saturated heterocycles. The maximum Gasteiger partial charge on any atom is 0.265 e. The number of carbonyl (C=O) groups is 1. The summed E-state index contributed by atoms with van der Waals surface area (Å²) < 4.78 is 8.84. The van der Waals surface area contributed by atoms with Gasteiger partial charge in [0.1, 0.15) is 10.6 Å². The fraction of sp³-hybridized carbons (Fsp3) is 0.357. The Morgan fingerprint density at radius 1 is 1.35 bits per heavy atom. The molecular weight excluding hydrogens is 274 g/mol. The van der Waals surface area contributed by atoms with Crippen LogP contribution in [-0.4, -0.2) is 35.8 Å². The number of carbonyl (C=O) groups excluding carboxylic acids is 1. The van der Waals surface area contributed by atoms with E-state index < -0.39 is 0 Å². The molecule has 0 saturated carbocycles. The van der Waals surface area contributed by atoms with Crippen LogP contribution in [0.1, 0.15) is 21.7 Å². The van der Waals surface area contributed by atoms with Crippen molar-refractivity contribution in [1.29, 1.82) is 0 Å². The normalized spacial score (nSPS) is 10.5. The highest BCUT2D eigenvalue weighted by molar-refractivity contribution is 7.08. The summed E-state index contributed by atoms with van der Waals surface area (Å²) in [5, 5.41) is 6.92. The summed E-state index contributed by atoms with van der Waals surface area (Å²) in [6.07, 6.45) is 0.786. The number of amides is 1. The van der Waals surface area contributed by atoms with Gasteiger partial charge in [0.15, 0.2) is 0 Å². The van der Waals surface area contributed by atoms with E-state index in [4.69, 9.17) is 4.74 Å². The molecule has 0 atom stereocenters. The van der Waals surface area contributed by atoms with Crippen LogP contribution in [-0.2, 0) is 4.74 Å². The molecule has 0 fully saturated rings. The summed E-state index contributed by atoms with van der Waals surface area (Å²) in [6.45, 7) is 3.23. The molecule has 0 aliphatic rings. The van der Waals surface area contributed by atoms with Crippen molar-refractivity contribution in [1.82, 2.24) is 14.9 Å². The minimum atomic E-state index is -0.133. The molecule has 1 aromatic carbocycles. The van der Waals surface area contributed by atoms with E-state index in [2.05, 4.69) is 14.9 Å². The second-order valence-electron chi connectivity index (χ2n) is 4.42. The zero-order chi connectivity index (χ0) is 14.4. The number of methoxy groups -OCH3 is 1. The number of rotatable bonds is 6. The van der Waals surface area contributed by atoms with Crippen molar-refractivity contribution in [2.75, 3.05) is 20.3 Å². The number of ether oxygens (including phenoxy) is 1. The van der Waals surface area contributed by atoms with Gasteiger partial charge in [0, 0.05) is 25.8 Å². The predicted octanol–water partition coefficient (Wildman–Crippen LogP) is 2.28. The molecule has 5 nitrogen and oxygen atoms in total. The van der Waals surface area contributed by atoms with Gasteiger partial charge in [-0.15, -0.1) is 5.10 Å². The van der Waals surface area contributed by atoms with Crippen LogP contribution in [0.3, 0.4) is 0 Å². The van der Waals surface area contributed by atoms with Crippen molar-refractivity contribution in [2.45, 2.75) is 13.3 Å². The number of hydrogen-bond acceptors (Lipinski definition) is 5. The molecule has 0 bridgehead atoms. The minimum Gasteiger partial charge on any atom is -0.385 e. The standard InChI is InChI=1S/C14H17N3O2S/c1-10-4-6-11(7-5-10)12-13(20-17-16-12)14(18)15-8-3-9-19-2/h4-7H,3,8-9H2,1-2H3,(H,15,18). The molecule has 20 heavy (non-hydrogen) atoms. The number of nitrogens with one attached hydrogen (secondary N) is 1. The second kappa shape index (κ2) is 7.12. The molecule has 0 aliphatic heterocycles. The Balaban J connectivity index is 2.08. The quantitative estimate of drug-likeness (QED) is 0.829. The first-order valence-corrected chi connectivity index (χ1v) is 7.16. The van der Waals surface area contributed by atoms with Crippen LogP contribution in [0.4, 0.5) is 0 Å². The third-order valence-corrected chi connectivity index (χ3v) is 3.55. The summed E-state index contributed by atoms with van der Waals surface area (Å²) in [6, 6.07) is 7.89. The van der Waals surface area contributed by atoms with Gasteiger partial charge in [0.25, 0.3) is 5.91 Å². The summed E-state index contributed by atoms with van der Waals surface area (Å²) in [5.74, 6) is -0.133. The van der Waals surface area contributed by atoms with E-state index in [1.807, 2.05) is 31.2 Å².